The average molecular weight is 361 g/mol. The summed E-state index contributed by atoms with van der Waals surface area (Å²) in [4.78, 5) is 0. The summed E-state index contributed by atoms with van der Waals surface area (Å²) in [5.41, 5.74) is 3.40. The molecule has 0 fully saturated rings. The topological polar surface area (TPSA) is 30.5 Å². The molecule has 1 N–H and O–H groups in total. The fourth-order valence-corrected chi connectivity index (χ4v) is 2.72. The minimum Gasteiger partial charge on any atom is -0.494 e. The predicted octanol–water partition coefficient (Wildman–Crippen LogP) is 6.06. The number of hydrogen-bond donors (Lipinski definition) is 1. The maximum Gasteiger partial charge on any atom is 0.121 e. The molecule has 0 saturated carbocycles. The van der Waals surface area contributed by atoms with Crippen molar-refractivity contribution in [2.24, 2.45) is 0 Å². The maximum atomic E-state index is 5.90. The van der Waals surface area contributed by atoms with Gasteiger partial charge in [0, 0.05) is 18.3 Å². The summed E-state index contributed by atoms with van der Waals surface area (Å²) in [6, 6.07) is 26.5. The molecule has 27 heavy (non-hydrogen) atoms. The quantitative estimate of drug-likeness (QED) is 0.445. The summed E-state index contributed by atoms with van der Waals surface area (Å²) in [6.45, 7) is 4.25. The normalized spacial score (nSPS) is 10.4. The molecular weight excluding hydrogens is 334 g/mol. The van der Waals surface area contributed by atoms with Crippen LogP contribution in [0.4, 0.5) is 5.69 Å². The summed E-state index contributed by atoms with van der Waals surface area (Å²) in [6.07, 6.45) is 2.22. The molecule has 0 spiro atoms. The first kappa shape index (κ1) is 18.8. The fourth-order valence-electron chi connectivity index (χ4n) is 2.72. The van der Waals surface area contributed by atoms with Gasteiger partial charge in [-0.25, -0.2) is 0 Å². The van der Waals surface area contributed by atoms with Crippen LogP contribution in [-0.2, 0) is 13.2 Å². The van der Waals surface area contributed by atoms with E-state index in [0.717, 1.165) is 48.7 Å². The molecule has 3 aromatic carbocycles. The molecule has 0 heterocycles. The summed E-state index contributed by atoms with van der Waals surface area (Å²) in [5.74, 6) is 1.79. The van der Waals surface area contributed by atoms with Gasteiger partial charge in [-0.3, -0.25) is 0 Å². The van der Waals surface area contributed by atoms with Gasteiger partial charge in [0.25, 0.3) is 0 Å². The summed E-state index contributed by atoms with van der Waals surface area (Å²) < 4.78 is 11.7. The zero-order valence-corrected chi connectivity index (χ0v) is 15.9. The van der Waals surface area contributed by atoms with E-state index in [-0.39, 0.29) is 0 Å². The molecule has 0 aromatic heterocycles. The smallest absolute Gasteiger partial charge is 0.121 e. The number of nitrogens with one attached hydrogen (secondary N) is 1. The molecule has 0 saturated heterocycles. The van der Waals surface area contributed by atoms with E-state index in [1.807, 2.05) is 48.5 Å². The van der Waals surface area contributed by atoms with E-state index in [0.29, 0.717) is 6.61 Å². The van der Waals surface area contributed by atoms with Crippen molar-refractivity contribution < 1.29 is 9.47 Å². The molecule has 3 heteroatoms. The van der Waals surface area contributed by atoms with Crippen molar-refractivity contribution in [3.8, 4) is 11.5 Å². The third-order valence-electron chi connectivity index (χ3n) is 4.24. The van der Waals surface area contributed by atoms with Gasteiger partial charge in [-0.05, 0) is 41.8 Å². The van der Waals surface area contributed by atoms with Gasteiger partial charge in [-0.15, -0.1) is 0 Å². The lowest BCUT2D eigenvalue weighted by molar-refractivity contribution is 0.306. The Morgan fingerprint density at radius 2 is 1.48 bits per heavy atom. The number of hydrogen-bond acceptors (Lipinski definition) is 3. The Labute approximate surface area is 162 Å². The first-order valence-corrected chi connectivity index (χ1v) is 9.56. The highest BCUT2D eigenvalue weighted by atomic mass is 16.5. The van der Waals surface area contributed by atoms with Gasteiger partial charge in [0.2, 0.25) is 0 Å². The monoisotopic (exact) mass is 361 g/mol. The van der Waals surface area contributed by atoms with Gasteiger partial charge in [-0.2, -0.15) is 0 Å². The van der Waals surface area contributed by atoms with E-state index in [4.69, 9.17) is 9.47 Å². The lowest BCUT2D eigenvalue weighted by Gasteiger charge is -2.11. The van der Waals surface area contributed by atoms with Gasteiger partial charge in [-0.1, -0.05) is 61.9 Å². The molecule has 0 aliphatic heterocycles. The third kappa shape index (κ3) is 6.37. The van der Waals surface area contributed by atoms with Crippen molar-refractivity contribution in [2.75, 3.05) is 11.9 Å². The van der Waals surface area contributed by atoms with Crippen molar-refractivity contribution in [1.29, 1.82) is 0 Å². The molecule has 140 valence electrons. The molecule has 0 radical (unpaired) electrons. The van der Waals surface area contributed by atoms with E-state index in [1.165, 1.54) is 5.56 Å². The van der Waals surface area contributed by atoms with Crippen molar-refractivity contribution >= 4 is 5.69 Å². The van der Waals surface area contributed by atoms with Crippen molar-refractivity contribution in [1.82, 2.24) is 0 Å². The summed E-state index contributed by atoms with van der Waals surface area (Å²) in [5, 5.41) is 3.46. The summed E-state index contributed by atoms with van der Waals surface area (Å²) in [7, 11) is 0. The summed E-state index contributed by atoms with van der Waals surface area (Å²) >= 11 is 0. The van der Waals surface area contributed by atoms with Crippen molar-refractivity contribution in [3.05, 3.63) is 90.0 Å². The average Bonchev–Trinajstić information content (AvgIpc) is 2.72. The lowest BCUT2D eigenvalue weighted by atomic mass is 10.2. The molecule has 0 amide bonds. The van der Waals surface area contributed by atoms with Crippen LogP contribution in [0, 0.1) is 0 Å². The molecule has 0 aliphatic carbocycles. The molecule has 3 rings (SSSR count). The maximum absolute atomic E-state index is 5.90. The predicted molar refractivity (Wildman–Crippen MR) is 111 cm³/mol. The Morgan fingerprint density at radius 1 is 0.741 bits per heavy atom. The van der Waals surface area contributed by atoms with Crippen LogP contribution in [0.15, 0.2) is 78.9 Å². The van der Waals surface area contributed by atoms with Gasteiger partial charge in [0.05, 0.1) is 6.61 Å². The SMILES string of the molecule is CCCCOc1cccc(CNc2cccc(OCc3ccccc3)c2)c1. The zero-order chi connectivity index (χ0) is 18.7. The molecule has 3 nitrogen and oxygen atoms in total. The molecule has 0 bridgehead atoms. The largest absolute Gasteiger partial charge is 0.494 e. The highest BCUT2D eigenvalue weighted by molar-refractivity contribution is 5.48. The van der Waals surface area contributed by atoms with E-state index >= 15 is 0 Å². The van der Waals surface area contributed by atoms with Crippen LogP contribution < -0.4 is 14.8 Å². The Kier molecular flexibility index (Phi) is 7.16. The van der Waals surface area contributed by atoms with Crippen molar-refractivity contribution in [2.45, 2.75) is 32.9 Å². The second kappa shape index (κ2) is 10.3. The highest BCUT2D eigenvalue weighted by Gasteiger charge is 2.00. The Hall–Kier alpha value is -2.94. The van der Waals surface area contributed by atoms with Crippen LogP contribution in [0.25, 0.3) is 0 Å². The number of anilines is 1. The van der Waals surface area contributed by atoms with Crippen LogP contribution in [0.2, 0.25) is 0 Å². The van der Waals surface area contributed by atoms with E-state index in [9.17, 15) is 0 Å². The molecule has 0 atom stereocenters. The minimum absolute atomic E-state index is 0.571. The lowest BCUT2D eigenvalue weighted by Crippen LogP contribution is -2.01. The van der Waals surface area contributed by atoms with Crippen LogP contribution in [-0.4, -0.2) is 6.61 Å². The number of benzene rings is 3. The van der Waals surface area contributed by atoms with Crippen LogP contribution in [0.5, 0.6) is 11.5 Å². The van der Waals surface area contributed by atoms with E-state index in [2.05, 4.69) is 42.6 Å². The molecular formula is C24H27NO2. The van der Waals surface area contributed by atoms with E-state index < -0.39 is 0 Å². The zero-order valence-electron chi connectivity index (χ0n) is 15.9. The minimum atomic E-state index is 0.571. The fraction of sp³-hybridized carbons (Fsp3) is 0.250. The highest BCUT2D eigenvalue weighted by Crippen LogP contribution is 2.20. The number of rotatable bonds is 10. The van der Waals surface area contributed by atoms with Gasteiger partial charge < -0.3 is 14.8 Å². The number of ether oxygens (including phenoxy) is 2. The van der Waals surface area contributed by atoms with Gasteiger partial charge in [0.1, 0.15) is 18.1 Å². The second-order valence-electron chi connectivity index (χ2n) is 6.51. The molecule has 0 aliphatic rings. The number of unbranched alkanes of at least 4 members (excludes halogenated alkanes) is 1. The van der Waals surface area contributed by atoms with Crippen LogP contribution >= 0.6 is 0 Å². The Morgan fingerprint density at radius 3 is 2.30 bits per heavy atom. The first-order valence-electron chi connectivity index (χ1n) is 9.56. The molecule has 3 aromatic rings. The Bertz CT molecular complexity index is 817. The first-order chi connectivity index (χ1) is 13.3. The van der Waals surface area contributed by atoms with Crippen LogP contribution in [0.3, 0.4) is 0 Å². The van der Waals surface area contributed by atoms with E-state index in [1.54, 1.807) is 0 Å². The van der Waals surface area contributed by atoms with Gasteiger partial charge >= 0.3 is 0 Å². The molecule has 0 unspecified atom stereocenters. The standard InChI is InChI=1S/C24H27NO2/c1-2-3-15-26-23-13-7-11-21(16-23)18-25-22-12-8-14-24(17-22)27-19-20-9-5-4-6-10-20/h4-14,16-17,25H,2-3,15,18-19H2,1H3. The van der Waals surface area contributed by atoms with Gasteiger partial charge in [0.15, 0.2) is 0 Å². The van der Waals surface area contributed by atoms with Crippen LogP contribution in [0.1, 0.15) is 30.9 Å². The third-order valence-corrected chi connectivity index (χ3v) is 4.24. The second-order valence-corrected chi connectivity index (χ2v) is 6.51. The Balaban J connectivity index is 1.53. The van der Waals surface area contributed by atoms with Crippen molar-refractivity contribution in [3.63, 3.8) is 0 Å².